The molecule has 82 valence electrons. The van der Waals surface area contributed by atoms with E-state index in [0.29, 0.717) is 0 Å². The van der Waals surface area contributed by atoms with E-state index in [4.69, 9.17) is 9.47 Å². The average molecular weight is 200 g/mol. The fourth-order valence-electron chi connectivity index (χ4n) is 2.53. The van der Waals surface area contributed by atoms with Gasteiger partial charge in [0, 0.05) is 0 Å². The van der Waals surface area contributed by atoms with Crippen LogP contribution in [0.3, 0.4) is 0 Å². The summed E-state index contributed by atoms with van der Waals surface area (Å²) >= 11 is 0. The van der Waals surface area contributed by atoms with E-state index in [-0.39, 0.29) is 18.5 Å². The Bertz CT molecular complexity index is 207. The van der Waals surface area contributed by atoms with Crippen molar-refractivity contribution in [1.82, 2.24) is 0 Å². The van der Waals surface area contributed by atoms with Crippen molar-refractivity contribution in [1.29, 1.82) is 0 Å². The SMILES string of the molecule is CCC[C@H]1O[C@@H]2[C@@H](CC[C@@]2(O)CC)O1. The fraction of sp³-hybridized carbons (Fsp3) is 1.00. The first-order chi connectivity index (χ1) is 6.69. The lowest BCUT2D eigenvalue weighted by atomic mass is 9.96. The van der Waals surface area contributed by atoms with E-state index < -0.39 is 5.60 Å². The van der Waals surface area contributed by atoms with Crippen LogP contribution in [-0.2, 0) is 9.47 Å². The van der Waals surface area contributed by atoms with Crippen LogP contribution >= 0.6 is 0 Å². The first kappa shape index (κ1) is 10.4. The Morgan fingerprint density at radius 2 is 2.14 bits per heavy atom. The Morgan fingerprint density at radius 1 is 1.36 bits per heavy atom. The number of fused-ring (bicyclic) bond motifs is 1. The number of aliphatic hydroxyl groups is 1. The molecular formula is C11H20O3. The Hall–Kier alpha value is -0.120. The predicted molar refractivity (Wildman–Crippen MR) is 52.9 cm³/mol. The first-order valence-electron chi connectivity index (χ1n) is 5.73. The molecule has 3 nitrogen and oxygen atoms in total. The summed E-state index contributed by atoms with van der Waals surface area (Å²) in [6, 6.07) is 0. The molecule has 0 aromatic heterocycles. The fourth-order valence-corrected chi connectivity index (χ4v) is 2.53. The molecule has 0 radical (unpaired) electrons. The van der Waals surface area contributed by atoms with Crippen molar-refractivity contribution < 1.29 is 14.6 Å². The summed E-state index contributed by atoms with van der Waals surface area (Å²) in [6.07, 6.45) is 4.50. The normalized spacial score (nSPS) is 46.9. The Balaban J connectivity index is 1.99. The second kappa shape index (κ2) is 3.80. The maximum Gasteiger partial charge on any atom is 0.158 e. The minimum atomic E-state index is -0.632. The zero-order chi connectivity index (χ0) is 10.2. The van der Waals surface area contributed by atoms with Crippen molar-refractivity contribution in [3.63, 3.8) is 0 Å². The topological polar surface area (TPSA) is 38.7 Å². The summed E-state index contributed by atoms with van der Waals surface area (Å²) in [5.74, 6) is 0. The third-order valence-electron chi connectivity index (χ3n) is 3.49. The van der Waals surface area contributed by atoms with Gasteiger partial charge in [-0.1, -0.05) is 20.3 Å². The van der Waals surface area contributed by atoms with E-state index in [1.165, 1.54) is 0 Å². The lowest BCUT2D eigenvalue weighted by Gasteiger charge is -2.26. The van der Waals surface area contributed by atoms with Crippen LogP contribution in [0.25, 0.3) is 0 Å². The molecular weight excluding hydrogens is 180 g/mol. The molecule has 2 aliphatic rings. The Kier molecular flexibility index (Phi) is 2.82. The summed E-state index contributed by atoms with van der Waals surface area (Å²) in [7, 11) is 0. The minimum absolute atomic E-state index is 0.0756. The molecule has 0 aromatic rings. The van der Waals surface area contributed by atoms with Gasteiger partial charge in [0.25, 0.3) is 0 Å². The number of hydrogen-bond donors (Lipinski definition) is 1. The van der Waals surface area contributed by atoms with Gasteiger partial charge in [0.05, 0.1) is 11.7 Å². The van der Waals surface area contributed by atoms with Gasteiger partial charge in [0.1, 0.15) is 6.10 Å². The van der Waals surface area contributed by atoms with Gasteiger partial charge in [-0.2, -0.15) is 0 Å². The van der Waals surface area contributed by atoms with Crippen LogP contribution in [0.15, 0.2) is 0 Å². The van der Waals surface area contributed by atoms with Crippen molar-refractivity contribution in [2.24, 2.45) is 0 Å². The van der Waals surface area contributed by atoms with Crippen molar-refractivity contribution in [2.75, 3.05) is 0 Å². The second-order valence-corrected chi connectivity index (χ2v) is 4.45. The minimum Gasteiger partial charge on any atom is -0.387 e. The smallest absolute Gasteiger partial charge is 0.158 e. The van der Waals surface area contributed by atoms with Gasteiger partial charge in [-0.15, -0.1) is 0 Å². The number of ether oxygens (including phenoxy) is 2. The molecule has 3 heteroatoms. The van der Waals surface area contributed by atoms with Crippen LogP contribution in [0.4, 0.5) is 0 Å². The van der Waals surface area contributed by atoms with E-state index in [2.05, 4.69) is 6.92 Å². The van der Waals surface area contributed by atoms with Crippen molar-refractivity contribution in [3.05, 3.63) is 0 Å². The molecule has 1 heterocycles. The molecule has 1 saturated heterocycles. The van der Waals surface area contributed by atoms with Gasteiger partial charge >= 0.3 is 0 Å². The zero-order valence-electron chi connectivity index (χ0n) is 9.03. The van der Waals surface area contributed by atoms with E-state index in [1.807, 2.05) is 6.92 Å². The Labute approximate surface area is 85.4 Å². The maximum absolute atomic E-state index is 10.3. The molecule has 2 rings (SSSR count). The molecule has 1 aliphatic carbocycles. The largest absolute Gasteiger partial charge is 0.387 e. The first-order valence-corrected chi connectivity index (χ1v) is 5.73. The molecule has 0 unspecified atom stereocenters. The van der Waals surface area contributed by atoms with Crippen LogP contribution in [-0.4, -0.2) is 29.2 Å². The third-order valence-corrected chi connectivity index (χ3v) is 3.49. The van der Waals surface area contributed by atoms with E-state index in [9.17, 15) is 5.11 Å². The molecule has 1 N–H and O–H groups in total. The zero-order valence-corrected chi connectivity index (χ0v) is 9.03. The highest BCUT2D eigenvalue weighted by Gasteiger charge is 2.52. The molecule has 14 heavy (non-hydrogen) atoms. The molecule has 2 fully saturated rings. The van der Waals surface area contributed by atoms with E-state index in [1.54, 1.807) is 0 Å². The highest BCUT2D eigenvalue weighted by Crippen LogP contribution is 2.42. The van der Waals surface area contributed by atoms with Crippen LogP contribution < -0.4 is 0 Å². The van der Waals surface area contributed by atoms with Gasteiger partial charge < -0.3 is 14.6 Å². The quantitative estimate of drug-likeness (QED) is 0.755. The molecule has 1 saturated carbocycles. The molecule has 0 spiro atoms. The maximum atomic E-state index is 10.3. The summed E-state index contributed by atoms with van der Waals surface area (Å²) < 4.78 is 11.5. The van der Waals surface area contributed by atoms with Gasteiger partial charge in [-0.25, -0.2) is 0 Å². The third kappa shape index (κ3) is 1.58. The van der Waals surface area contributed by atoms with E-state index in [0.717, 1.165) is 32.1 Å². The molecule has 0 aromatic carbocycles. The van der Waals surface area contributed by atoms with Gasteiger partial charge in [0.15, 0.2) is 6.29 Å². The molecule has 0 bridgehead atoms. The Morgan fingerprint density at radius 3 is 2.79 bits per heavy atom. The number of hydrogen-bond acceptors (Lipinski definition) is 3. The number of rotatable bonds is 3. The van der Waals surface area contributed by atoms with Crippen molar-refractivity contribution >= 4 is 0 Å². The van der Waals surface area contributed by atoms with Crippen LogP contribution in [0.1, 0.15) is 46.0 Å². The average Bonchev–Trinajstić information content (AvgIpc) is 2.69. The lowest BCUT2D eigenvalue weighted by Crippen LogP contribution is -2.40. The highest BCUT2D eigenvalue weighted by molar-refractivity contribution is 5.01. The summed E-state index contributed by atoms with van der Waals surface area (Å²) in [4.78, 5) is 0. The van der Waals surface area contributed by atoms with Crippen molar-refractivity contribution in [2.45, 2.75) is 70.1 Å². The van der Waals surface area contributed by atoms with Crippen LogP contribution in [0.2, 0.25) is 0 Å². The predicted octanol–water partition coefficient (Wildman–Crippen LogP) is 1.83. The monoisotopic (exact) mass is 200 g/mol. The van der Waals surface area contributed by atoms with Gasteiger partial charge in [0.2, 0.25) is 0 Å². The molecule has 4 atom stereocenters. The highest BCUT2D eigenvalue weighted by atomic mass is 16.7. The molecule has 1 aliphatic heterocycles. The van der Waals surface area contributed by atoms with Gasteiger partial charge in [-0.05, 0) is 25.7 Å². The summed E-state index contributed by atoms with van der Waals surface area (Å²) in [6.45, 7) is 4.13. The molecule has 0 amide bonds. The summed E-state index contributed by atoms with van der Waals surface area (Å²) in [5.41, 5.74) is -0.632. The van der Waals surface area contributed by atoms with Crippen LogP contribution in [0, 0.1) is 0 Å². The lowest BCUT2D eigenvalue weighted by molar-refractivity contribution is -0.124. The van der Waals surface area contributed by atoms with Gasteiger partial charge in [-0.3, -0.25) is 0 Å². The second-order valence-electron chi connectivity index (χ2n) is 4.45. The summed E-state index contributed by atoms with van der Waals surface area (Å²) in [5, 5.41) is 10.3. The standard InChI is InChI=1S/C11H20O3/c1-3-5-9-13-8-6-7-11(12,4-2)10(8)14-9/h8-10,12H,3-7H2,1-2H3/t8-,9-,10-,11+/m1/s1. The van der Waals surface area contributed by atoms with Crippen molar-refractivity contribution in [3.8, 4) is 0 Å². The van der Waals surface area contributed by atoms with E-state index >= 15 is 0 Å². The van der Waals surface area contributed by atoms with Crippen LogP contribution in [0.5, 0.6) is 0 Å².